The fourth-order valence-corrected chi connectivity index (χ4v) is 7.68. The SMILES string of the molecule is CCOC(=O)C1=C(c2ccccc2)N=c2s/c(=C\c3cc(C)n(-c4ccc(-c5ccccc5)cc4)c3C)c(=O)n2[C@H]1c1ccc(OC)c(OC)c1. The van der Waals surface area contributed by atoms with E-state index < -0.39 is 12.0 Å². The minimum atomic E-state index is -0.840. The number of thiazole rings is 1. The van der Waals surface area contributed by atoms with Gasteiger partial charge in [-0.15, -0.1) is 0 Å². The van der Waals surface area contributed by atoms with Crippen molar-refractivity contribution >= 4 is 29.1 Å². The van der Waals surface area contributed by atoms with Gasteiger partial charge in [0.25, 0.3) is 5.56 Å². The van der Waals surface area contributed by atoms with Gasteiger partial charge in [-0.3, -0.25) is 9.36 Å². The van der Waals surface area contributed by atoms with E-state index in [4.69, 9.17) is 19.2 Å². The standard InChI is InChI=1S/C42H37N3O5S/c1-6-50-41(47)37-38(30-15-11-8-12-16-30)43-42-45(39(37)31-19-22-34(48-4)35(24-31)49-5)40(46)36(51-42)25-32-23-26(2)44(27(32)3)33-20-17-29(18-21-33)28-13-9-7-10-14-28/h7-25,39H,6H2,1-5H3/b36-25-/t39-/m0/s1. The largest absolute Gasteiger partial charge is 0.493 e. The molecule has 256 valence electrons. The second-order valence-electron chi connectivity index (χ2n) is 12.1. The highest BCUT2D eigenvalue weighted by Gasteiger charge is 2.35. The Hall–Kier alpha value is -5.93. The number of nitrogens with zero attached hydrogens (tertiary/aromatic N) is 3. The van der Waals surface area contributed by atoms with E-state index >= 15 is 0 Å². The summed E-state index contributed by atoms with van der Waals surface area (Å²) >= 11 is 1.29. The Morgan fingerprint density at radius 1 is 0.824 bits per heavy atom. The molecule has 0 unspecified atom stereocenters. The number of aromatic nitrogens is 2. The summed E-state index contributed by atoms with van der Waals surface area (Å²) in [6.45, 7) is 6.04. The molecule has 4 aromatic carbocycles. The van der Waals surface area contributed by atoms with Gasteiger partial charge in [-0.05, 0) is 79.4 Å². The summed E-state index contributed by atoms with van der Waals surface area (Å²) in [4.78, 5) is 33.9. The number of benzene rings is 4. The maximum Gasteiger partial charge on any atom is 0.338 e. The number of esters is 1. The molecule has 0 spiro atoms. The summed E-state index contributed by atoms with van der Waals surface area (Å²) in [6, 6.07) is 34.9. The van der Waals surface area contributed by atoms with Crippen LogP contribution in [0.2, 0.25) is 0 Å². The van der Waals surface area contributed by atoms with Crippen LogP contribution in [0.3, 0.4) is 0 Å². The van der Waals surface area contributed by atoms with Crippen LogP contribution in [0.15, 0.2) is 125 Å². The Kier molecular flexibility index (Phi) is 9.30. The molecule has 9 heteroatoms. The summed E-state index contributed by atoms with van der Waals surface area (Å²) in [5.41, 5.74) is 8.16. The number of ether oxygens (including phenoxy) is 3. The van der Waals surface area contributed by atoms with Crippen molar-refractivity contribution in [2.45, 2.75) is 26.8 Å². The molecule has 2 aromatic heterocycles. The Morgan fingerprint density at radius 3 is 2.12 bits per heavy atom. The second-order valence-corrected chi connectivity index (χ2v) is 13.1. The highest BCUT2D eigenvalue weighted by atomic mass is 32.1. The van der Waals surface area contributed by atoms with Crippen LogP contribution in [0, 0.1) is 13.8 Å². The highest BCUT2D eigenvalue weighted by molar-refractivity contribution is 7.07. The third-order valence-corrected chi connectivity index (χ3v) is 10.1. The summed E-state index contributed by atoms with van der Waals surface area (Å²) < 4.78 is 21.0. The first-order valence-corrected chi connectivity index (χ1v) is 17.5. The van der Waals surface area contributed by atoms with Gasteiger partial charge in [0, 0.05) is 22.6 Å². The van der Waals surface area contributed by atoms with Gasteiger partial charge in [-0.1, -0.05) is 90.2 Å². The average Bonchev–Trinajstić information content (AvgIpc) is 3.63. The van der Waals surface area contributed by atoms with Gasteiger partial charge in [0.15, 0.2) is 16.3 Å². The molecule has 0 aliphatic carbocycles. The van der Waals surface area contributed by atoms with Crippen molar-refractivity contribution in [2.75, 3.05) is 20.8 Å². The molecular formula is C42H37N3O5S. The second kappa shape index (κ2) is 14.1. The van der Waals surface area contributed by atoms with Crippen molar-refractivity contribution in [1.29, 1.82) is 0 Å². The molecule has 0 saturated carbocycles. The molecule has 0 saturated heterocycles. The van der Waals surface area contributed by atoms with Crippen molar-refractivity contribution in [3.05, 3.63) is 163 Å². The van der Waals surface area contributed by atoms with E-state index in [0.29, 0.717) is 32.1 Å². The lowest BCUT2D eigenvalue weighted by Crippen LogP contribution is -2.40. The number of carbonyl (C=O) groups is 1. The number of aryl methyl sites for hydroxylation is 1. The quantitative estimate of drug-likeness (QED) is 0.152. The predicted molar refractivity (Wildman–Crippen MR) is 201 cm³/mol. The number of fused-ring (bicyclic) bond motifs is 1. The van der Waals surface area contributed by atoms with Crippen molar-refractivity contribution in [2.24, 2.45) is 4.99 Å². The topological polar surface area (TPSA) is 84.1 Å². The molecule has 8 nitrogen and oxygen atoms in total. The Bertz CT molecular complexity index is 2460. The summed E-state index contributed by atoms with van der Waals surface area (Å²) in [5.74, 6) is 0.461. The van der Waals surface area contributed by atoms with E-state index in [2.05, 4.69) is 60.9 Å². The zero-order chi connectivity index (χ0) is 35.6. The van der Waals surface area contributed by atoms with Crippen LogP contribution in [-0.2, 0) is 9.53 Å². The number of hydrogen-bond donors (Lipinski definition) is 0. The molecule has 0 fully saturated rings. The van der Waals surface area contributed by atoms with Gasteiger partial charge in [-0.25, -0.2) is 9.79 Å². The van der Waals surface area contributed by atoms with E-state index in [1.807, 2.05) is 60.7 Å². The number of rotatable bonds is 9. The van der Waals surface area contributed by atoms with Crippen molar-refractivity contribution in [3.8, 4) is 28.3 Å². The lowest BCUT2D eigenvalue weighted by molar-refractivity contribution is -0.138. The van der Waals surface area contributed by atoms with E-state index in [0.717, 1.165) is 39.3 Å². The van der Waals surface area contributed by atoms with Gasteiger partial charge in [0.2, 0.25) is 0 Å². The van der Waals surface area contributed by atoms with Crippen LogP contribution in [0.25, 0.3) is 28.6 Å². The molecule has 7 rings (SSSR count). The smallest absolute Gasteiger partial charge is 0.338 e. The predicted octanol–water partition coefficient (Wildman–Crippen LogP) is 7.03. The minimum absolute atomic E-state index is 0.165. The molecule has 51 heavy (non-hydrogen) atoms. The van der Waals surface area contributed by atoms with Crippen LogP contribution in [0.5, 0.6) is 11.5 Å². The molecule has 0 amide bonds. The summed E-state index contributed by atoms with van der Waals surface area (Å²) in [7, 11) is 3.12. The first kappa shape index (κ1) is 33.6. The third-order valence-electron chi connectivity index (χ3n) is 9.09. The van der Waals surface area contributed by atoms with E-state index in [1.54, 1.807) is 37.8 Å². The Balaban J connectivity index is 1.40. The van der Waals surface area contributed by atoms with Crippen molar-refractivity contribution in [3.63, 3.8) is 0 Å². The maximum atomic E-state index is 14.5. The van der Waals surface area contributed by atoms with Crippen LogP contribution in [-0.4, -0.2) is 35.9 Å². The molecule has 1 atom stereocenters. The highest BCUT2D eigenvalue weighted by Crippen LogP contribution is 2.38. The van der Waals surface area contributed by atoms with E-state index in [1.165, 1.54) is 11.3 Å². The van der Waals surface area contributed by atoms with Crippen LogP contribution in [0.1, 0.15) is 41.0 Å². The zero-order valence-corrected chi connectivity index (χ0v) is 29.9. The molecule has 1 aliphatic rings. The molecule has 3 heterocycles. The fourth-order valence-electron chi connectivity index (χ4n) is 6.68. The lowest BCUT2D eigenvalue weighted by Gasteiger charge is -2.26. The van der Waals surface area contributed by atoms with Gasteiger partial charge in [0.05, 0.1) is 42.7 Å². The summed E-state index contributed by atoms with van der Waals surface area (Å²) in [6.07, 6.45) is 1.92. The first-order chi connectivity index (χ1) is 24.8. The van der Waals surface area contributed by atoms with Crippen molar-refractivity contribution in [1.82, 2.24) is 9.13 Å². The van der Waals surface area contributed by atoms with Gasteiger partial charge in [-0.2, -0.15) is 0 Å². The number of carbonyl (C=O) groups excluding carboxylic acids is 1. The zero-order valence-electron chi connectivity index (χ0n) is 29.0. The molecule has 1 aliphatic heterocycles. The number of hydrogen-bond acceptors (Lipinski definition) is 7. The average molecular weight is 696 g/mol. The van der Waals surface area contributed by atoms with Crippen LogP contribution in [0.4, 0.5) is 0 Å². The van der Waals surface area contributed by atoms with Gasteiger partial charge in [0.1, 0.15) is 0 Å². The minimum Gasteiger partial charge on any atom is -0.493 e. The fraction of sp³-hybridized carbons (Fsp3) is 0.167. The normalized spacial score (nSPS) is 14.2. The van der Waals surface area contributed by atoms with E-state index in [9.17, 15) is 9.59 Å². The third kappa shape index (κ3) is 6.21. The molecule has 0 bridgehead atoms. The first-order valence-electron chi connectivity index (χ1n) is 16.7. The van der Waals surface area contributed by atoms with Crippen LogP contribution < -0.4 is 24.4 Å². The Labute approximate surface area is 299 Å². The van der Waals surface area contributed by atoms with Gasteiger partial charge < -0.3 is 18.8 Å². The molecule has 6 aromatic rings. The number of methoxy groups -OCH3 is 2. The maximum absolute atomic E-state index is 14.5. The van der Waals surface area contributed by atoms with Gasteiger partial charge >= 0.3 is 5.97 Å². The van der Waals surface area contributed by atoms with E-state index in [-0.39, 0.29) is 17.7 Å². The molecular weight excluding hydrogens is 659 g/mol. The molecule has 0 radical (unpaired) electrons. The van der Waals surface area contributed by atoms with Crippen LogP contribution >= 0.6 is 11.3 Å². The Morgan fingerprint density at radius 2 is 1.47 bits per heavy atom. The monoisotopic (exact) mass is 695 g/mol. The lowest BCUT2D eigenvalue weighted by atomic mass is 9.93. The molecule has 0 N–H and O–H groups in total. The van der Waals surface area contributed by atoms with Crippen molar-refractivity contribution < 1.29 is 19.0 Å². The summed E-state index contributed by atoms with van der Waals surface area (Å²) in [5, 5.41) is 0.